The van der Waals surface area contributed by atoms with Gasteiger partial charge in [0.1, 0.15) is 0 Å². The van der Waals surface area contributed by atoms with E-state index < -0.39 is 11.4 Å². The van der Waals surface area contributed by atoms with Crippen LogP contribution in [-0.4, -0.2) is 16.1 Å². The van der Waals surface area contributed by atoms with Gasteiger partial charge < -0.3 is 5.11 Å². The van der Waals surface area contributed by atoms with Gasteiger partial charge in [-0.2, -0.15) is 0 Å². The number of aliphatic carboxylic acids is 1. The van der Waals surface area contributed by atoms with Crippen molar-refractivity contribution in [2.24, 2.45) is 5.41 Å². The topological polar surface area (TPSA) is 50.2 Å². The molecule has 0 aliphatic rings. The molecule has 0 aliphatic carbocycles. The van der Waals surface area contributed by atoms with E-state index in [1.165, 1.54) is 0 Å². The van der Waals surface area contributed by atoms with E-state index in [1.54, 1.807) is 18.3 Å². The zero-order valence-electron chi connectivity index (χ0n) is 9.41. The smallest absolute Gasteiger partial charge is 0.309 e. The summed E-state index contributed by atoms with van der Waals surface area (Å²) < 4.78 is 0. The van der Waals surface area contributed by atoms with Gasteiger partial charge in [0, 0.05) is 11.8 Å². The lowest BCUT2D eigenvalue weighted by Crippen LogP contribution is -2.30. The highest BCUT2D eigenvalue weighted by atomic mass is 32.1. The molecule has 1 atom stereocenters. The van der Waals surface area contributed by atoms with E-state index in [1.807, 2.05) is 19.2 Å². The van der Waals surface area contributed by atoms with Crippen molar-refractivity contribution in [3.8, 4) is 0 Å². The monoisotopic (exact) mass is 227 g/mol. The van der Waals surface area contributed by atoms with Crippen LogP contribution in [0.3, 0.4) is 0 Å². The second kappa shape index (κ2) is 4.75. The predicted molar refractivity (Wildman–Crippen MR) is 61.2 cm³/mol. The molecule has 1 rings (SSSR count). The second-order valence-electron chi connectivity index (χ2n) is 4.15. The highest BCUT2D eigenvalue weighted by Gasteiger charge is 2.32. The first-order valence-corrected chi connectivity index (χ1v) is 6.00. The molecular formula is C11H17NO2S. The molecule has 15 heavy (non-hydrogen) atoms. The highest BCUT2D eigenvalue weighted by Crippen LogP contribution is 2.29. The average Bonchev–Trinajstić information content (AvgIpc) is 2.51. The quantitative estimate of drug-likeness (QED) is 0.841. The first-order chi connectivity index (χ1) is 6.98. The molecule has 4 heteroatoms. The van der Waals surface area contributed by atoms with Gasteiger partial charge in [-0.3, -0.25) is 4.79 Å². The number of aromatic nitrogens is 1. The van der Waals surface area contributed by atoms with Crippen molar-refractivity contribution < 1.29 is 9.90 Å². The zero-order chi connectivity index (χ0) is 11.5. The van der Waals surface area contributed by atoms with Crippen molar-refractivity contribution in [3.63, 3.8) is 0 Å². The summed E-state index contributed by atoms with van der Waals surface area (Å²) >= 11 is 1.57. The number of carbonyl (C=O) groups is 1. The fraction of sp³-hybridized carbons (Fsp3) is 0.636. The largest absolute Gasteiger partial charge is 0.481 e. The van der Waals surface area contributed by atoms with E-state index in [4.69, 9.17) is 0 Å². The van der Waals surface area contributed by atoms with Crippen LogP contribution in [0.5, 0.6) is 0 Å². The van der Waals surface area contributed by atoms with Gasteiger partial charge in [-0.1, -0.05) is 13.3 Å². The summed E-state index contributed by atoms with van der Waals surface area (Å²) in [5.74, 6) is -0.727. The summed E-state index contributed by atoms with van der Waals surface area (Å²) in [5, 5.41) is 12.2. The van der Waals surface area contributed by atoms with Crippen molar-refractivity contribution >= 4 is 17.3 Å². The van der Waals surface area contributed by atoms with Crippen molar-refractivity contribution in [1.29, 1.82) is 0 Å². The zero-order valence-corrected chi connectivity index (χ0v) is 10.2. The average molecular weight is 227 g/mol. The predicted octanol–water partition coefficient (Wildman–Crippen LogP) is 2.89. The molecule has 0 aromatic carbocycles. The number of rotatable bonds is 5. The number of nitrogens with zero attached hydrogens (tertiary/aromatic N) is 1. The van der Waals surface area contributed by atoms with E-state index in [0.29, 0.717) is 12.8 Å². The summed E-state index contributed by atoms with van der Waals surface area (Å²) in [6.07, 6.45) is 2.10. The Kier molecular flexibility index (Phi) is 3.85. The van der Waals surface area contributed by atoms with Crippen molar-refractivity contribution in [3.05, 3.63) is 16.1 Å². The minimum Gasteiger partial charge on any atom is -0.481 e. The Morgan fingerprint density at radius 1 is 1.67 bits per heavy atom. The molecule has 0 aliphatic heterocycles. The van der Waals surface area contributed by atoms with Gasteiger partial charge in [-0.15, -0.1) is 11.3 Å². The Hall–Kier alpha value is -0.900. The molecule has 0 fully saturated rings. The standard InChI is InChI=1S/C11H17NO2S/c1-4-5-11(3,10(13)14)6-9-7-15-8(2)12-9/h7H,4-6H2,1-3H3,(H,13,14). The van der Waals surface area contributed by atoms with Crippen LogP contribution in [0, 0.1) is 12.3 Å². The SMILES string of the molecule is CCCC(C)(Cc1csc(C)n1)C(=O)O. The van der Waals surface area contributed by atoms with Crippen LogP contribution >= 0.6 is 11.3 Å². The third-order valence-corrected chi connectivity index (χ3v) is 3.38. The Morgan fingerprint density at radius 3 is 2.73 bits per heavy atom. The molecular weight excluding hydrogens is 210 g/mol. The summed E-state index contributed by atoms with van der Waals surface area (Å²) in [4.78, 5) is 15.5. The maximum Gasteiger partial charge on any atom is 0.309 e. The second-order valence-corrected chi connectivity index (χ2v) is 5.21. The van der Waals surface area contributed by atoms with Crippen molar-refractivity contribution in [2.45, 2.75) is 40.0 Å². The summed E-state index contributed by atoms with van der Waals surface area (Å²) in [5.41, 5.74) is 0.228. The normalized spacial score (nSPS) is 14.9. The molecule has 3 nitrogen and oxygen atoms in total. The first-order valence-electron chi connectivity index (χ1n) is 5.12. The van der Waals surface area contributed by atoms with Gasteiger partial charge in [0.25, 0.3) is 0 Å². The minimum absolute atomic E-state index is 0.528. The molecule has 1 aromatic rings. The van der Waals surface area contributed by atoms with Crippen molar-refractivity contribution in [1.82, 2.24) is 4.98 Å². The lowest BCUT2D eigenvalue weighted by Gasteiger charge is -2.22. The molecule has 1 N–H and O–H groups in total. The van der Waals surface area contributed by atoms with E-state index in [0.717, 1.165) is 17.1 Å². The van der Waals surface area contributed by atoms with E-state index in [-0.39, 0.29) is 0 Å². The Morgan fingerprint density at radius 2 is 2.33 bits per heavy atom. The molecule has 84 valence electrons. The molecule has 0 spiro atoms. The van der Waals surface area contributed by atoms with Crippen LogP contribution in [-0.2, 0) is 11.2 Å². The van der Waals surface area contributed by atoms with Gasteiger partial charge in [-0.05, 0) is 20.3 Å². The lowest BCUT2D eigenvalue weighted by molar-refractivity contribution is -0.148. The van der Waals surface area contributed by atoms with Crippen LogP contribution in [0.4, 0.5) is 0 Å². The summed E-state index contributed by atoms with van der Waals surface area (Å²) in [6.45, 7) is 5.74. The highest BCUT2D eigenvalue weighted by molar-refractivity contribution is 7.09. The third kappa shape index (κ3) is 3.02. The van der Waals surface area contributed by atoms with Crippen LogP contribution in [0.1, 0.15) is 37.4 Å². The van der Waals surface area contributed by atoms with Gasteiger partial charge in [0.2, 0.25) is 0 Å². The number of carboxylic acid groups (broad SMARTS) is 1. The summed E-state index contributed by atoms with van der Waals surface area (Å²) in [7, 11) is 0. The minimum atomic E-state index is -0.727. The Bertz CT molecular complexity index is 348. The van der Waals surface area contributed by atoms with Gasteiger partial charge in [0.15, 0.2) is 0 Å². The maximum absolute atomic E-state index is 11.2. The molecule has 0 bridgehead atoms. The number of carboxylic acids is 1. The van der Waals surface area contributed by atoms with Crippen LogP contribution in [0.25, 0.3) is 0 Å². The number of aryl methyl sites for hydroxylation is 1. The van der Waals surface area contributed by atoms with E-state index in [9.17, 15) is 9.90 Å². The molecule has 0 amide bonds. The number of hydrogen-bond donors (Lipinski definition) is 1. The van der Waals surface area contributed by atoms with Crippen LogP contribution in [0.15, 0.2) is 5.38 Å². The van der Waals surface area contributed by atoms with Gasteiger partial charge in [-0.25, -0.2) is 4.98 Å². The van der Waals surface area contributed by atoms with Crippen LogP contribution in [0.2, 0.25) is 0 Å². The molecule has 1 heterocycles. The molecule has 1 aromatic heterocycles. The van der Waals surface area contributed by atoms with Crippen LogP contribution < -0.4 is 0 Å². The summed E-state index contributed by atoms with van der Waals surface area (Å²) in [6, 6.07) is 0. The molecule has 0 saturated carbocycles. The fourth-order valence-electron chi connectivity index (χ4n) is 1.71. The van der Waals surface area contributed by atoms with E-state index in [2.05, 4.69) is 4.98 Å². The first kappa shape index (κ1) is 12.2. The molecule has 1 unspecified atom stereocenters. The number of thiazole rings is 1. The van der Waals surface area contributed by atoms with E-state index >= 15 is 0 Å². The van der Waals surface area contributed by atoms with Gasteiger partial charge in [0.05, 0.1) is 16.1 Å². The van der Waals surface area contributed by atoms with Crippen molar-refractivity contribution in [2.75, 3.05) is 0 Å². The lowest BCUT2D eigenvalue weighted by atomic mass is 9.81. The number of hydrogen-bond acceptors (Lipinski definition) is 3. The fourth-order valence-corrected chi connectivity index (χ4v) is 2.32. The third-order valence-electron chi connectivity index (χ3n) is 2.56. The molecule has 0 radical (unpaired) electrons. The maximum atomic E-state index is 11.2. The van der Waals surface area contributed by atoms with Gasteiger partial charge >= 0.3 is 5.97 Å². The Labute approximate surface area is 94.2 Å². The Balaban J connectivity index is 2.79. The molecule has 0 saturated heterocycles.